The molecule has 0 spiro atoms. The van der Waals surface area contributed by atoms with Gasteiger partial charge in [0.1, 0.15) is 5.75 Å². The molecule has 0 saturated carbocycles. The zero-order chi connectivity index (χ0) is 15.5. The summed E-state index contributed by atoms with van der Waals surface area (Å²) in [5.74, 6) is 1.03. The van der Waals surface area contributed by atoms with Gasteiger partial charge in [0.15, 0.2) is 0 Å². The van der Waals surface area contributed by atoms with Gasteiger partial charge in [-0.25, -0.2) is 0 Å². The van der Waals surface area contributed by atoms with Gasteiger partial charge in [0.25, 0.3) is 0 Å². The van der Waals surface area contributed by atoms with E-state index in [2.05, 4.69) is 41.9 Å². The summed E-state index contributed by atoms with van der Waals surface area (Å²) in [7, 11) is 0. The van der Waals surface area contributed by atoms with Gasteiger partial charge < -0.3 is 15.2 Å². The Hall–Kier alpha value is -0.580. The topological polar surface area (TPSA) is 44.5 Å². The zero-order valence-corrected chi connectivity index (χ0v) is 14.8. The van der Waals surface area contributed by atoms with Gasteiger partial charge >= 0.3 is 0 Å². The zero-order valence-electron chi connectivity index (χ0n) is 13.2. The van der Waals surface area contributed by atoms with E-state index < -0.39 is 0 Å². The van der Waals surface area contributed by atoms with E-state index in [0.29, 0.717) is 6.61 Å². The maximum Gasteiger partial charge on any atom is 0.125 e. The van der Waals surface area contributed by atoms with E-state index in [4.69, 9.17) is 15.2 Å². The molecule has 2 rings (SSSR count). The molecule has 0 amide bonds. The molecule has 21 heavy (non-hydrogen) atoms. The maximum atomic E-state index is 6.54. The Bertz CT molecular complexity index is 486. The lowest BCUT2D eigenvalue weighted by molar-refractivity contribution is -0.0634. The highest BCUT2D eigenvalue weighted by Gasteiger charge is 2.35. The molecule has 1 heterocycles. The predicted octanol–water partition coefficient (Wildman–Crippen LogP) is 3.85. The Kier molecular flexibility index (Phi) is 5.69. The molecule has 0 bridgehead atoms. The van der Waals surface area contributed by atoms with Crippen LogP contribution in [0.15, 0.2) is 16.6 Å². The monoisotopic (exact) mass is 355 g/mol. The second-order valence-electron chi connectivity index (χ2n) is 5.67. The Morgan fingerprint density at radius 1 is 1.33 bits per heavy atom. The number of hydrogen-bond donors (Lipinski definition) is 1. The fourth-order valence-electron chi connectivity index (χ4n) is 3.29. The van der Waals surface area contributed by atoms with E-state index in [0.717, 1.165) is 42.5 Å². The van der Waals surface area contributed by atoms with Crippen molar-refractivity contribution >= 4 is 15.9 Å². The first-order valence-corrected chi connectivity index (χ1v) is 8.69. The minimum Gasteiger partial charge on any atom is -0.493 e. The number of nitrogens with two attached hydrogens (primary N) is 1. The van der Waals surface area contributed by atoms with E-state index in [1.54, 1.807) is 0 Å². The average molecular weight is 356 g/mol. The molecule has 1 aromatic rings. The molecule has 4 heteroatoms. The van der Waals surface area contributed by atoms with Crippen LogP contribution in [-0.2, 0) is 17.6 Å². The van der Waals surface area contributed by atoms with Crippen molar-refractivity contribution in [3.8, 4) is 5.75 Å². The second-order valence-corrected chi connectivity index (χ2v) is 6.58. The van der Waals surface area contributed by atoms with Crippen LogP contribution in [0.5, 0.6) is 5.75 Å². The predicted molar refractivity (Wildman–Crippen MR) is 90.0 cm³/mol. The van der Waals surface area contributed by atoms with Crippen molar-refractivity contribution in [2.45, 2.75) is 58.1 Å². The first kappa shape index (κ1) is 16.8. The van der Waals surface area contributed by atoms with Gasteiger partial charge in [0.05, 0.1) is 12.2 Å². The highest BCUT2D eigenvalue weighted by Crippen LogP contribution is 2.35. The van der Waals surface area contributed by atoms with Gasteiger partial charge in [-0.05, 0) is 49.4 Å². The van der Waals surface area contributed by atoms with Crippen molar-refractivity contribution in [2.75, 3.05) is 13.2 Å². The summed E-state index contributed by atoms with van der Waals surface area (Å²) in [6.45, 7) is 7.81. The largest absolute Gasteiger partial charge is 0.493 e. The summed E-state index contributed by atoms with van der Waals surface area (Å²) in [5.41, 5.74) is 8.76. The summed E-state index contributed by atoms with van der Waals surface area (Å²) in [4.78, 5) is 0. The lowest BCUT2D eigenvalue weighted by Gasteiger charge is -2.37. The molecule has 0 aromatic heterocycles. The number of rotatable bonds is 7. The van der Waals surface area contributed by atoms with Gasteiger partial charge in [-0.3, -0.25) is 0 Å². The Morgan fingerprint density at radius 3 is 2.67 bits per heavy atom. The molecular formula is C17H26BrNO2. The molecule has 3 nitrogen and oxygen atoms in total. The highest BCUT2D eigenvalue weighted by atomic mass is 79.9. The fourth-order valence-corrected chi connectivity index (χ4v) is 3.85. The summed E-state index contributed by atoms with van der Waals surface area (Å²) < 4.78 is 12.9. The van der Waals surface area contributed by atoms with Crippen LogP contribution in [0.1, 0.15) is 44.7 Å². The lowest BCUT2D eigenvalue weighted by atomic mass is 9.84. The van der Waals surface area contributed by atoms with Crippen LogP contribution in [0.3, 0.4) is 0 Å². The van der Waals surface area contributed by atoms with Gasteiger partial charge in [0, 0.05) is 23.5 Å². The van der Waals surface area contributed by atoms with E-state index in [9.17, 15) is 0 Å². The molecule has 1 unspecified atom stereocenters. The summed E-state index contributed by atoms with van der Waals surface area (Å²) in [5, 5.41) is 0. The van der Waals surface area contributed by atoms with Crippen LogP contribution in [-0.4, -0.2) is 24.9 Å². The van der Waals surface area contributed by atoms with Gasteiger partial charge in [-0.15, -0.1) is 0 Å². The van der Waals surface area contributed by atoms with E-state index in [1.165, 1.54) is 11.1 Å². The molecule has 1 atom stereocenters. The lowest BCUT2D eigenvalue weighted by Crippen LogP contribution is -2.50. The van der Waals surface area contributed by atoms with Gasteiger partial charge in [-0.2, -0.15) is 0 Å². The standard InChI is InChI=1S/C17H26BrNO2/c1-4-17(5-2,21-6-3)15(19)11-13-10-14(18)9-12-7-8-20-16(12)13/h9-10,15H,4-8,11,19H2,1-3H3. The van der Waals surface area contributed by atoms with Crippen LogP contribution in [0.25, 0.3) is 0 Å². The minimum absolute atomic E-state index is 0.0324. The van der Waals surface area contributed by atoms with Crippen molar-refractivity contribution in [3.05, 3.63) is 27.7 Å². The average Bonchev–Trinajstić information content (AvgIpc) is 2.93. The summed E-state index contributed by atoms with van der Waals surface area (Å²) in [6, 6.07) is 4.24. The second kappa shape index (κ2) is 7.12. The number of benzene rings is 1. The molecule has 0 saturated heterocycles. The summed E-state index contributed by atoms with van der Waals surface area (Å²) in [6.07, 6.45) is 3.61. The van der Waals surface area contributed by atoms with Crippen molar-refractivity contribution in [3.63, 3.8) is 0 Å². The van der Waals surface area contributed by atoms with Crippen molar-refractivity contribution < 1.29 is 9.47 Å². The summed E-state index contributed by atoms with van der Waals surface area (Å²) >= 11 is 3.59. The molecule has 2 N–H and O–H groups in total. The van der Waals surface area contributed by atoms with Crippen molar-refractivity contribution in [1.29, 1.82) is 0 Å². The van der Waals surface area contributed by atoms with Crippen molar-refractivity contribution in [2.24, 2.45) is 5.73 Å². The molecule has 118 valence electrons. The number of fused-ring (bicyclic) bond motifs is 1. The van der Waals surface area contributed by atoms with Crippen LogP contribution < -0.4 is 10.5 Å². The Balaban J connectivity index is 2.25. The van der Waals surface area contributed by atoms with Gasteiger partial charge in [0.2, 0.25) is 0 Å². The molecule has 0 radical (unpaired) electrons. The Labute approximate surface area is 136 Å². The van der Waals surface area contributed by atoms with E-state index in [-0.39, 0.29) is 11.6 Å². The van der Waals surface area contributed by atoms with Crippen LogP contribution in [0.4, 0.5) is 0 Å². The normalized spacial score (nSPS) is 15.7. The van der Waals surface area contributed by atoms with Crippen LogP contribution in [0.2, 0.25) is 0 Å². The minimum atomic E-state index is -0.247. The maximum absolute atomic E-state index is 6.54. The van der Waals surface area contributed by atoms with E-state index in [1.807, 2.05) is 6.92 Å². The molecule has 1 aliphatic heterocycles. The smallest absolute Gasteiger partial charge is 0.125 e. The third kappa shape index (κ3) is 3.43. The molecule has 0 fully saturated rings. The molecular weight excluding hydrogens is 330 g/mol. The third-order valence-corrected chi connectivity index (χ3v) is 5.03. The Morgan fingerprint density at radius 2 is 2.05 bits per heavy atom. The molecule has 1 aromatic carbocycles. The molecule has 0 aliphatic carbocycles. The third-order valence-electron chi connectivity index (χ3n) is 4.57. The van der Waals surface area contributed by atoms with E-state index >= 15 is 0 Å². The quantitative estimate of drug-likeness (QED) is 0.807. The van der Waals surface area contributed by atoms with Gasteiger partial charge in [-0.1, -0.05) is 29.8 Å². The van der Waals surface area contributed by atoms with Crippen LogP contribution >= 0.6 is 15.9 Å². The number of ether oxygens (including phenoxy) is 2. The number of halogens is 1. The SMILES string of the molecule is CCOC(CC)(CC)C(N)Cc1cc(Br)cc2c1OCC2. The first-order chi connectivity index (χ1) is 10.1. The molecule has 1 aliphatic rings. The first-order valence-electron chi connectivity index (χ1n) is 7.90. The number of hydrogen-bond acceptors (Lipinski definition) is 3. The highest BCUT2D eigenvalue weighted by molar-refractivity contribution is 9.10. The fraction of sp³-hybridized carbons (Fsp3) is 0.647. The van der Waals surface area contributed by atoms with Crippen molar-refractivity contribution in [1.82, 2.24) is 0 Å². The van der Waals surface area contributed by atoms with Crippen LogP contribution in [0, 0.1) is 0 Å².